The molecule has 2 aromatic carbocycles. The van der Waals surface area contributed by atoms with Crippen molar-refractivity contribution in [3.8, 4) is 5.75 Å². The van der Waals surface area contributed by atoms with E-state index in [2.05, 4.69) is 53.3 Å². The van der Waals surface area contributed by atoms with Crippen LogP contribution < -0.4 is 10.1 Å². The summed E-state index contributed by atoms with van der Waals surface area (Å²) in [5.74, 6) is 0.912. The minimum absolute atomic E-state index is 0.216. The van der Waals surface area contributed by atoms with Crippen LogP contribution in [0.4, 0.5) is 5.69 Å². The van der Waals surface area contributed by atoms with Crippen LogP contribution in [0.2, 0.25) is 0 Å². The first-order valence-corrected chi connectivity index (χ1v) is 7.19. The second-order valence-electron chi connectivity index (χ2n) is 4.99. The molecule has 1 heterocycles. The molecule has 1 N–H and O–H groups in total. The maximum Gasteiger partial charge on any atom is 0.143 e. The van der Waals surface area contributed by atoms with Crippen LogP contribution >= 0.6 is 15.9 Å². The third kappa shape index (κ3) is 2.47. The van der Waals surface area contributed by atoms with E-state index in [1.807, 2.05) is 18.2 Å². The summed E-state index contributed by atoms with van der Waals surface area (Å²) in [5.41, 5.74) is 4.97. The number of halogens is 1. The Balaban J connectivity index is 1.89. The smallest absolute Gasteiger partial charge is 0.143 e. The number of hydrogen-bond acceptors (Lipinski definition) is 2. The summed E-state index contributed by atoms with van der Waals surface area (Å²) in [5, 5.41) is 3.54. The summed E-state index contributed by atoms with van der Waals surface area (Å²) in [6.07, 6.45) is 0. The Bertz CT molecular complexity index is 624. The van der Waals surface area contributed by atoms with Crippen LogP contribution in [0.15, 0.2) is 40.9 Å². The number of hydrogen-bond donors (Lipinski definition) is 1. The molecule has 1 aliphatic heterocycles. The fraction of sp³-hybridized carbons (Fsp3) is 0.250. The summed E-state index contributed by atoms with van der Waals surface area (Å²) in [7, 11) is 0. The predicted molar refractivity (Wildman–Crippen MR) is 81.9 cm³/mol. The van der Waals surface area contributed by atoms with E-state index in [1.54, 1.807) is 0 Å². The highest BCUT2D eigenvalue weighted by molar-refractivity contribution is 9.10. The number of fused-ring (bicyclic) bond motifs is 1. The van der Waals surface area contributed by atoms with E-state index in [-0.39, 0.29) is 6.04 Å². The van der Waals surface area contributed by atoms with Crippen LogP contribution in [0.25, 0.3) is 0 Å². The molecule has 0 saturated carbocycles. The summed E-state index contributed by atoms with van der Waals surface area (Å²) in [6, 6.07) is 12.9. The van der Waals surface area contributed by atoms with Gasteiger partial charge >= 0.3 is 0 Å². The van der Waals surface area contributed by atoms with E-state index >= 15 is 0 Å². The molecule has 2 aromatic rings. The van der Waals surface area contributed by atoms with Crippen molar-refractivity contribution in [3.63, 3.8) is 0 Å². The molecule has 1 atom stereocenters. The van der Waals surface area contributed by atoms with Crippen LogP contribution in [0.3, 0.4) is 0 Å². The van der Waals surface area contributed by atoms with Gasteiger partial charge in [0.2, 0.25) is 0 Å². The Hall–Kier alpha value is -1.48. The summed E-state index contributed by atoms with van der Waals surface area (Å²) >= 11 is 3.46. The fourth-order valence-corrected chi connectivity index (χ4v) is 2.64. The molecular formula is C16H16BrNO. The van der Waals surface area contributed by atoms with E-state index in [9.17, 15) is 0 Å². The van der Waals surface area contributed by atoms with Gasteiger partial charge in [0.25, 0.3) is 0 Å². The van der Waals surface area contributed by atoms with E-state index in [1.165, 1.54) is 16.7 Å². The van der Waals surface area contributed by atoms with Crippen LogP contribution in [0.1, 0.15) is 22.7 Å². The van der Waals surface area contributed by atoms with Crippen LogP contribution in [-0.4, -0.2) is 6.61 Å². The highest BCUT2D eigenvalue weighted by Gasteiger charge is 2.20. The van der Waals surface area contributed by atoms with Crippen LogP contribution in [0, 0.1) is 13.8 Å². The van der Waals surface area contributed by atoms with E-state index in [0.717, 1.165) is 15.9 Å². The molecule has 1 unspecified atom stereocenters. The van der Waals surface area contributed by atoms with Gasteiger partial charge < -0.3 is 10.1 Å². The Kier molecular flexibility index (Phi) is 3.23. The van der Waals surface area contributed by atoms with E-state index in [4.69, 9.17) is 4.74 Å². The molecule has 0 spiro atoms. The van der Waals surface area contributed by atoms with Gasteiger partial charge in [-0.05, 0) is 48.7 Å². The number of rotatable bonds is 1. The summed E-state index contributed by atoms with van der Waals surface area (Å²) < 4.78 is 6.89. The monoisotopic (exact) mass is 317 g/mol. The molecule has 0 saturated heterocycles. The Morgan fingerprint density at radius 2 is 1.95 bits per heavy atom. The standard InChI is InChI=1S/C16H16BrNO/c1-10-3-4-12(7-11(10)2)15-9-19-16-8-13(17)5-6-14(16)18-15/h3-8,15,18H,9H2,1-2H3. The maximum absolute atomic E-state index is 5.85. The second-order valence-corrected chi connectivity index (χ2v) is 5.91. The van der Waals surface area contributed by atoms with E-state index < -0.39 is 0 Å². The number of anilines is 1. The first-order chi connectivity index (χ1) is 9.13. The molecule has 0 aromatic heterocycles. The zero-order valence-electron chi connectivity index (χ0n) is 11.0. The molecule has 98 valence electrons. The lowest BCUT2D eigenvalue weighted by Crippen LogP contribution is -2.24. The second kappa shape index (κ2) is 4.89. The van der Waals surface area contributed by atoms with Crippen molar-refractivity contribution in [2.45, 2.75) is 19.9 Å². The number of nitrogens with one attached hydrogen (secondary N) is 1. The van der Waals surface area contributed by atoms with Gasteiger partial charge in [-0.15, -0.1) is 0 Å². The molecule has 2 nitrogen and oxygen atoms in total. The molecular weight excluding hydrogens is 302 g/mol. The van der Waals surface area contributed by atoms with Crippen LogP contribution in [0.5, 0.6) is 5.75 Å². The van der Waals surface area contributed by atoms with Gasteiger partial charge in [-0.2, -0.15) is 0 Å². The Labute approximate surface area is 121 Å². The van der Waals surface area contributed by atoms with E-state index in [0.29, 0.717) is 6.61 Å². The number of ether oxygens (including phenoxy) is 1. The maximum atomic E-state index is 5.85. The quantitative estimate of drug-likeness (QED) is 0.829. The lowest BCUT2D eigenvalue weighted by atomic mass is 10.0. The average molecular weight is 318 g/mol. The topological polar surface area (TPSA) is 21.3 Å². The van der Waals surface area contributed by atoms with Gasteiger partial charge in [0, 0.05) is 4.47 Å². The molecule has 3 heteroatoms. The van der Waals surface area contributed by atoms with Crippen molar-refractivity contribution in [2.24, 2.45) is 0 Å². The largest absolute Gasteiger partial charge is 0.489 e. The molecule has 0 aliphatic carbocycles. The normalized spacial score (nSPS) is 17.3. The molecule has 0 amide bonds. The highest BCUT2D eigenvalue weighted by atomic mass is 79.9. The molecule has 0 bridgehead atoms. The van der Waals surface area contributed by atoms with Crippen molar-refractivity contribution in [1.82, 2.24) is 0 Å². The molecule has 0 fully saturated rings. The average Bonchev–Trinajstić information content (AvgIpc) is 2.41. The van der Waals surface area contributed by atoms with Crippen molar-refractivity contribution in [1.29, 1.82) is 0 Å². The van der Waals surface area contributed by atoms with Crippen molar-refractivity contribution >= 4 is 21.6 Å². The molecule has 1 aliphatic rings. The fourth-order valence-electron chi connectivity index (χ4n) is 2.30. The summed E-state index contributed by atoms with van der Waals surface area (Å²) in [4.78, 5) is 0. The van der Waals surface area contributed by atoms with Gasteiger partial charge in [-0.1, -0.05) is 34.1 Å². The van der Waals surface area contributed by atoms with Gasteiger partial charge in [0.15, 0.2) is 0 Å². The first kappa shape index (κ1) is 12.5. The lowest BCUT2D eigenvalue weighted by molar-refractivity contribution is 0.286. The van der Waals surface area contributed by atoms with Crippen molar-refractivity contribution < 1.29 is 4.74 Å². The van der Waals surface area contributed by atoms with Crippen molar-refractivity contribution in [2.75, 3.05) is 11.9 Å². The third-order valence-corrected chi connectivity index (χ3v) is 4.11. The Morgan fingerprint density at radius 3 is 2.74 bits per heavy atom. The van der Waals surface area contributed by atoms with Gasteiger partial charge in [-0.25, -0.2) is 0 Å². The molecule has 3 rings (SSSR count). The SMILES string of the molecule is Cc1ccc(C2COc3cc(Br)ccc3N2)cc1C. The predicted octanol–water partition coefficient (Wildman–Crippen LogP) is 4.61. The minimum Gasteiger partial charge on any atom is -0.489 e. The number of aryl methyl sites for hydroxylation is 2. The lowest BCUT2D eigenvalue weighted by Gasteiger charge is -2.28. The highest BCUT2D eigenvalue weighted by Crippen LogP contribution is 2.35. The zero-order valence-corrected chi connectivity index (χ0v) is 12.6. The summed E-state index contributed by atoms with van der Waals surface area (Å²) in [6.45, 7) is 4.94. The Morgan fingerprint density at radius 1 is 1.11 bits per heavy atom. The van der Waals surface area contributed by atoms with Gasteiger partial charge in [0.05, 0.1) is 11.7 Å². The molecule has 0 radical (unpaired) electrons. The minimum atomic E-state index is 0.216. The van der Waals surface area contributed by atoms with Gasteiger partial charge in [-0.3, -0.25) is 0 Å². The molecule has 19 heavy (non-hydrogen) atoms. The van der Waals surface area contributed by atoms with Gasteiger partial charge in [0.1, 0.15) is 12.4 Å². The van der Waals surface area contributed by atoms with Crippen LogP contribution in [-0.2, 0) is 0 Å². The zero-order chi connectivity index (χ0) is 13.4. The van der Waals surface area contributed by atoms with Crippen molar-refractivity contribution in [3.05, 3.63) is 57.6 Å². The third-order valence-electron chi connectivity index (χ3n) is 3.61. The first-order valence-electron chi connectivity index (χ1n) is 6.39. The number of benzene rings is 2.